The molecule has 0 bridgehead atoms. The molecule has 9 nitrogen and oxygen atoms in total. The number of alkyl halides is 3. The summed E-state index contributed by atoms with van der Waals surface area (Å²) in [5.41, 5.74) is 6.39. The summed E-state index contributed by atoms with van der Waals surface area (Å²) in [6.45, 7) is 2.08. The number of nitrogens with zero attached hydrogens (tertiary/aromatic N) is 4. The predicted molar refractivity (Wildman–Crippen MR) is 134 cm³/mol. The van der Waals surface area contributed by atoms with Crippen LogP contribution in [-0.4, -0.2) is 30.6 Å². The standard InChI is InChI=1S/C26H26F3N7O2/c1-14(16-7-10-20(32-11-16)26(27,28)29)36-24-21(19(35-36)13-38-12-15-5-3-2-4-6-15)25(37)34-23(33-24)18-9-8-17(18)22(30)31/h2-7,10-11,14,17-18H,8-9,12-13H2,1H3,(H3,30,31)(H,33,34,37)/t14-,17?,18?/m0/s1. The lowest BCUT2D eigenvalue weighted by molar-refractivity contribution is -0.141. The first kappa shape index (κ1) is 25.6. The molecule has 0 saturated heterocycles. The molecule has 1 fully saturated rings. The molecule has 0 aliphatic heterocycles. The van der Waals surface area contributed by atoms with Crippen LogP contribution in [-0.2, 0) is 24.1 Å². The molecule has 0 amide bonds. The first-order valence-electron chi connectivity index (χ1n) is 12.1. The van der Waals surface area contributed by atoms with Crippen LogP contribution in [0.15, 0.2) is 53.5 Å². The number of amidine groups is 1. The zero-order chi connectivity index (χ0) is 27.0. The minimum atomic E-state index is -4.55. The van der Waals surface area contributed by atoms with Gasteiger partial charge in [0, 0.05) is 18.0 Å². The Morgan fingerprint density at radius 1 is 1.21 bits per heavy atom. The molecule has 0 radical (unpaired) electrons. The molecule has 0 spiro atoms. The number of pyridine rings is 1. The summed E-state index contributed by atoms with van der Waals surface area (Å²) in [6, 6.07) is 11.2. The van der Waals surface area contributed by atoms with Crippen molar-refractivity contribution in [2.45, 2.75) is 51.1 Å². The number of benzene rings is 1. The third kappa shape index (κ3) is 4.91. The second kappa shape index (κ2) is 10.0. The smallest absolute Gasteiger partial charge is 0.387 e. The number of ether oxygens (including phenoxy) is 1. The van der Waals surface area contributed by atoms with E-state index in [2.05, 4.69) is 15.1 Å². The van der Waals surface area contributed by atoms with Crippen LogP contribution in [0.3, 0.4) is 0 Å². The highest BCUT2D eigenvalue weighted by Gasteiger charge is 2.37. The number of nitrogens with two attached hydrogens (primary N) is 1. The van der Waals surface area contributed by atoms with Crippen molar-refractivity contribution in [1.29, 1.82) is 5.41 Å². The molecule has 4 N–H and O–H groups in total. The van der Waals surface area contributed by atoms with Crippen molar-refractivity contribution in [1.82, 2.24) is 24.7 Å². The van der Waals surface area contributed by atoms with E-state index in [9.17, 15) is 18.0 Å². The Balaban J connectivity index is 1.53. The molecule has 5 rings (SSSR count). The molecule has 1 saturated carbocycles. The SMILES string of the molecule is C[C@@H](c1ccc(C(F)(F)F)nc1)n1nc(COCc2ccccc2)c2c(=O)[nH]c(C3CCC3C(=N)N)nc21. The Morgan fingerprint density at radius 2 is 1.97 bits per heavy atom. The Morgan fingerprint density at radius 3 is 2.58 bits per heavy atom. The van der Waals surface area contributed by atoms with Gasteiger partial charge in [0.15, 0.2) is 5.65 Å². The highest BCUT2D eigenvalue weighted by atomic mass is 19.4. The highest BCUT2D eigenvalue weighted by molar-refractivity contribution is 5.82. The molecule has 3 heterocycles. The number of nitrogens with one attached hydrogen (secondary N) is 2. The molecule has 3 atom stereocenters. The monoisotopic (exact) mass is 525 g/mol. The van der Waals surface area contributed by atoms with E-state index < -0.39 is 23.5 Å². The summed E-state index contributed by atoms with van der Waals surface area (Å²) in [7, 11) is 0. The van der Waals surface area contributed by atoms with E-state index >= 15 is 0 Å². The molecule has 12 heteroatoms. The van der Waals surface area contributed by atoms with Gasteiger partial charge in [-0.15, -0.1) is 0 Å². The van der Waals surface area contributed by atoms with Crippen LogP contribution in [0.25, 0.3) is 11.0 Å². The molecular weight excluding hydrogens is 499 g/mol. The fourth-order valence-corrected chi connectivity index (χ4v) is 4.68. The van der Waals surface area contributed by atoms with Gasteiger partial charge < -0.3 is 15.5 Å². The number of hydrogen-bond acceptors (Lipinski definition) is 6. The number of fused-ring (bicyclic) bond motifs is 1. The maximum atomic E-state index is 13.3. The predicted octanol–water partition coefficient (Wildman–Crippen LogP) is 4.29. The quantitative estimate of drug-likeness (QED) is 0.232. The number of hydrogen-bond donors (Lipinski definition) is 3. The second-order valence-corrected chi connectivity index (χ2v) is 9.42. The van der Waals surface area contributed by atoms with Crippen LogP contribution in [0.1, 0.15) is 60.1 Å². The van der Waals surface area contributed by atoms with Crippen LogP contribution in [0.4, 0.5) is 13.2 Å². The van der Waals surface area contributed by atoms with Crippen LogP contribution < -0.4 is 11.3 Å². The van der Waals surface area contributed by atoms with Crippen molar-refractivity contribution in [3.63, 3.8) is 0 Å². The lowest BCUT2D eigenvalue weighted by Crippen LogP contribution is -2.37. The fraction of sp³-hybridized carbons (Fsp3) is 0.346. The van der Waals surface area contributed by atoms with Gasteiger partial charge in [-0.3, -0.25) is 15.2 Å². The van der Waals surface area contributed by atoms with Gasteiger partial charge in [0.05, 0.1) is 25.1 Å². The van der Waals surface area contributed by atoms with Gasteiger partial charge in [0.2, 0.25) is 0 Å². The molecule has 3 aromatic heterocycles. The summed E-state index contributed by atoms with van der Waals surface area (Å²) < 4.78 is 46.4. The zero-order valence-corrected chi connectivity index (χ0v) is 20.5. The highest BCUT2D eigenvalue weighted by Crippen LogP contribution is 2.41. The van der Waals surface area contributed by atoms with Crippen molar-refractivity contribution >= 4 is 16.9 Å². The van der Waals surface area contributed by atoms with Gasteiger partial charge in [-0.05, 0) is 37.0 Å². The lowest BCUT2D eigenvalue weighted by Gasteiger charge is -2.34. The molecule has 38 heavy (non-hydrogen) atoms. The molecule has 4 aromatic rings. The van der Waals surface area contributed by atoms with Gasteiger partial charge in [-0.2, -0.15) is 18.3 Å². The van der Waals surface area contributed by atoms with Crippen LogP contribution >= 0.6 is 0 Å². The minimum Gasteiger partial charge on any atom is -0.387 e. The van der Waals surface area contributed by atoms with Crippen molar-refractivity contribution in [2.24, 2.45) is 11.7 Å². The van der Waals surface area contributed by atoms with Gasteiger partial charge >= 0.3 is 6.18 Å². The van der Waals surface area contributed by atoms with E-state index in [0.717, 1.165) is 30.7 Å². The first-order valence-corrected chi connectivity index (χ1v) is 12.1. The van der Waals surface area contributed by atoms with Crippen molar-refractivity contribution in [3.8, 4) is 0 Å². The van der Waals surface area contributed by atoms with E-state index in [1.165, 1.54) is 10.7 Å². The molecule has 198 valence electrons. The molecule has 1 aliphatic carbocycles. The third-order valence-electron chi connectivity index (χ3n) is 6.95. The summed E-state index contributed by atoms with van der Waals surface area (Å²) in [6.07, 6.45) is -1.95. The molecule has 1 aromatic carbocycles. The number of H-pyrrole nitrogens is 1. The van der Waals surface area contributed by atoms with Crippen LogP contribution in [0.5, 0.6) is 0 Å². The number of aromatic nitrogens is 5. The van der Waals surface area contributed by atoms with E-state index in [1.54, 1.807) is 6.92 Å². The Bertz CT molecular complexity index is 1510. The average Bonchev–Trinajstić information content (AvgIpc) is 3.21. The Kier molecular flexibility index (Phi) is 6.74. The maximum Gasteiger partial charge on any atom is 0.433 e. The van der Waals surface area contributed by atoms with Gasteiger partial charge in [-0.1, -0.05) is 36.4 Å². The third-order valence-corrected chi connectivity index (χ3v) is 6.95. The fourth-order valence-electron chi connectivity index (χ4n) is 4.68. The van der Waals surface area contributed by atoms with Gasteiger partial charge in [0.1, 0.15) is 22.6 Å². The van der Waals surface area contributed by atoms with Gasteiger partial charge in [-0.25, -0.2) is 9.67 Å². The molecule has 1 aliphatic rings. The summed E-state index contributed by atoms with van der Waals surface area (Å²) in [4.78, 5) is 24.4. The zero-order valence-electron chi connectivity index (χ0n) is 20.5. The first-order chi connectivity index (χ1) is 18.1. The number of aromatic amines is 1. The minimum absolute atomic E-state index is 0.0278. The second-order valence-electron chi connectivity index (χ2n) is 9.42. The van der Waals surface area contributed by atoms with Crippen LogP contribution in [0, 0.1) is 11.3 Å². The summed E-state index contributed by atoms with van der Waals surface area (Å²) in [5.74, 6) is 0.0345. The maximum absolute atomic E-state index is 13.3. The van der Waals surface area contributed by atoms with Crippen molar-refractivity contribution < 1.29 is 17.9 Å². The summed E-state index contributed by atoms with van der Waals surface area (Å²) >= 11 is 0. The van der Waals surface area contributed by atoms with Crippen molar-refractivity contribution in [2.75, 3.05) is 0 Å². The van der Waals surface area contributed by atoms with E-state index in [1.807, 2.05) is 30.3 Å². The lowest BCUT2D eigenvalue weighted by atomic mass is 9.72. The Labute approximate surface area is 215 Å². The van der Waals surface area contributed by atoms with E-state index in [0.29, 0.717) is 23.7 Å². The number of halogens is 3. The van der Waals surface area contributed by atoms with Crippen LogP contribution in [0.2, 0.25) is 0 Å². The topological polar surface area (TPSA) is 136 Å². The molecular formula is C26H26F3N7O2. The van der Waals surface area contributed by atoms with E-state index in [4.69, 9.17) is 20.9 Å². The largest absolute Gasteiger partial charge is 0.433 e. The van der Waals surface area contributed by atoms with E-state index in [-0.39, 0.29) is 35.3 Å². The average molecular weight is 526 g/mol. The summed E-state index contributed by atoms with van der Waals surface area (Å²) in [5, 5.41) is 12.7. The van der Waals surface area contributed by atoms with Gasteiger partial charge in [0.25, 0.3) is 5.56 Å². The molecule has 2 unspecified atom stereocenters. The Hall–Kier alpha value is -4.06. The number of rotatable bonds is 8. The normalized spacial score (nSPS) is 18.3. The van der Waals surface area contributed by atoms with Crippen molar-refractivity contribution in [3.05, 3.63) is 87.4 Å².